The molecule has 0 saturated carbocycles. The highest BCUT2D eigenvalue weighted by Crippen LogP contribution is 2.22. The summed E-state index contributed by atoms with van der Waals surface area (Å²) in [5, 5.41) is 3.80. The van der Waals surface area contributed by atoms with Crippen LogP contribution in [-0.2, 0) is 6.54 Å². The molecule has 1 saturated heterocycles. The molecule has 1 aliphatic rings. The molecule has 1 N–H and O–H groups in total. The van der Waals surface area contributed by atoms with E-state index in [9.17, 15) is 4.79 Å². The zero-order valence-corrected chi connectivity index (χ0v) is 19.9. The summed E-state index contributed by atoms with van der Waals surface area (Å²) < 4.78 is 5.63. The standard InChI is InChI=1S/C27H30ClN3O2/c1-20(2)33-25-13-7-21(8-14-25)27(32)29-23-9-11-24(12-10-23)31-17-15-30(16-18-31)19-22-5-3-4-6-26(22)28/h3-14,20H,15-19H2,1-2H3,(H,29,32). The zero-order valence-electron chi connectivity index (χ0n) is 19.1. The lowest BCUT2D eigenvalue weighted by Crippen LogP contribution is -2.46. The highest BCUT2D eigenvalue weighted by Gasteiger charge is 2.18. The highest BCUT2D eigenvalue weighted by atomic mass is 35.5. The van der Waals surface area contributed by atoms with Crippen molar-refractivity contribution < 1.29 is 9.53 Å². The number of amides is 1. The summed E-state index contributed by atoms with van der Waals surface area (Å²) in [5.41, 5.74) is 3.73. The Hall–Kier alpha value is -3.02. The first-order chi connectivity index (χ1) is 16.0. The first kappa shape index (κ1) is 23.1. The molecule has 1 fully saturated rings. The van der Waals surface area contributed by atoms with Crippen LogP contribution in [0.4, 0.5) is 11.4 Å². The van der Waals surface area contributed by atoms with Crippen molar-refractivity contribution in [3.05, 3.63) is 88.9 Å². The van der Waals surface area contributed by atoms with Crippen LogP contribution in [0.25, 0.3) is 0 Å². The summed E-state index contributed by atoms with van der Waals surface area (Å²) in [6, 6.07) is 23.3. The minimum Gasteiger partial charge on any atom is -0.491 e. The summed E-state index contributed by atoms with van der Waals surface area (Å²) in [6.45, 7) is 8.72. The average Bonchev–Trinajstić information content (AvgIpc) is 2.82. The van der Waals surface area contributed by atoms with Crippen LogP contribution in [0.5, 0.6) is 5.75 Å². The fourth-order valence-corrected chi connectivity index (χ4v) is 4.14. The van der Waals surface area contributed by atoms with Crippen LogP contribution < -0.4 is 15.0 Å². The van der Waals surface area contributed by atoms with Gasteiger partial charge in [0.15, 0.2) is 0 Å². The number of nitrogens with one attached hydrogen (secondary N) is 1. The fourth-order valence-electron chi connectivity index (χ4n) is 3.95. The van der Waals surface area contributed by atoms with Gasteiger partial charge in [0.1, 0.15) is 5.75 Å². The second kappa shape index (κ2) is 10.7. The topological polar surface area (TPSA) is 44.8 Å². The Bertz CT molecular complexity index is 1060. The van der Waals surface area contributed by atoms with E-state index in [4.69, 9.17) is 16.3 Å². The number of carbonyl (C=O) groups is 1. The van der Waals surface area contributed by atoms with E-state index >= 15 is 0 Å². The van der Waals surface area contributed by atoms with Crippen molar-refractivity contribution in [1.82, 2.24) is 4.90 Å². The van der Waals surface area contributed by atoms with Gasteiger partial charge in [-0.15, -0.1) is 0 Å². The molecule has 3 aromatic rings. The number of anilines is 2. The smallest absolute Gasteiger partial charge is 0.255 e. The van der Waals surface area contributed by atoms with Gasteiger partial charge < -0.3 is 15.0 Å². The summed E-state index contributed by atoms with van der Waals surface area (Å²) in [7, 11) is 0. The predicted molar refractivity (Wildman–Crippen MR) is 136 cm³/mol. The van der Waals surface area contributed by atoms with Crippen molar-refractivity contribution in [2.75, 3.05) is 36.4 Å². The monoisotopic (exact) mass is 463 g/mol. The summed E-state index contributed by atoms with van der Waals surface area (Å²) in [5.74, 6) is 0.630. The average molecular weight is 464 g/mol. The number of ether oxygens (including phenoxy) is 1. The van der Waals surface area contributed by atoms with Gasteiger partial charge in [-0.05, 0) is 74.0 Å². The lowest BCUT2D eigenvalue weighted by molar-refractivity contribution is 0.102. The molecule has 1 heterocycles. The van der Waals surface area contributed by atoms with Crippen molar-refractivity contribution in [3.63, 3.8) is 0 Å². The van der Waals surface area contributed by atoms with Gasteiger partial charge in [-0.2, -0.15) is 0 Å². The van der Waals surface area contributed by atoms with Crippen LogP contribution in [0.2, 0.25) is 5.02 Å². The molecule has 1 aliphatic heterocycles. The van der Waals surface area contributed by atoms with E-state index in [-0.39, 0.29) is 12.0 Å². The van der Waals surface area contributed by atoms with Crippen molar-refractivity contribution in [2.24, 2.45) is 0 Å². The van der Waals surface area contributed by atoms with E-state index in [1.165, 1.54) is 11.3 Å². The molecule has 0 spiro atoms. The lowest BCUT2D eigenvalue weighted by atomic mass is 10.1. The second-order valence-corrected chi connectivity index (χ2v) is 8.95. The maximum Gasteiger partial charge on any atom is 0.255 e. The Kier molecular flexibility index (Phi) is 7.53. The van der Waals surface area contributed by atoms with Crippen LogP contribution in [0.1, 0.15) is 29.8 Å². The number of rotatable bonds is 7. The van der Waals surface area contributed by atoms with Gasteiger partial charge >= 0.3 is 0 Å². The molecule has 172 valence electrons. The van der Waals surface area contributed by atoms with Gasteiger partial charge in [-0.25, -0.2) is 0 Å². The lowest BCUT2D eigenvalue weighted by Gasteiger charge is -2.36. The van der Waals surface area contributed by atoms with Gasteiger partial charge in [0.2, 0.25) is 0 Å². The summed E-state index contributed by atoms with van der Waals surface area (Å²) >= 11 is 6.31. The van der Waals surface area contributed by atoms with Gasteiger partial charge in [0.05, 0.1) is 6.10 Å². The van der Waals surface area contributed by atoms with Gasteiger partial charge in [0.25, 0.3) is 5.91 Å². The van der Waals surface area contributed by atoms with Crippen molar-refractivity contribution in [3.8, 4) is 5.75 Å². The molecule has 0 atom stereocenters. The number of hydrogen-bond acceptors (Lipinski definition) is 4. The van der Waals surface area contributed by atoms with Gasteiger partial charge in [0, 0.05) is 54.7 Å². The van der Waals surface area contributed by atoms with E-state index in [1.807, 2.05) is 56.3 Å². The largest absolute Gasteiger partial charge is 0.491 e. The van der Waals surface area contributed by atoms with Crippen molar-refractivity contribution in [2.45, 2.75) is 26.5 Å². The third-order valence-electron chi connectivity index (χ3n) is 5.70. The molecule has 1 amide bonds. The first-order valence-electron chi connectivity index (χ1n) is 11.4. The fraction of sp³-hybridized carbons (Fsp3) is 0.296. The Morgan fingerprint density at radius 3 is 2.24 bits per heavy atom. The number of halogens is 1. The number of benzene rings is 3. The molecule has 0 radical (unpaired) electrons. The summed E-state index contributed by atoms with van der Waals surface area (Å²) in [4.78, 5) is 17.4. The molecule has 5 nitrogen and oxygen atoms in total. The zero-order chi connectivity index (χ0) is 23.2. The maximum atomic E-state index is 12.6. The number of hydrogen-bond donors (Lipinski definition) is 1. The summed E-state index contributed by atoms with van der Waals surface area (Å²) in [6.07, 6.45) is 0.105. The van der Waals surface area contributed by atoms with E-state index < -0.39 is 0 Å². The molecule has 6 heteroatoms. The normalized spacial score (nSPS) is 14.4. The van der Waals surface area contributed by atoms with Crippen LogP contribution in [0.3, 0.4) is 0 Å². The highest BCUT2D eigenvalue weighted by molar-refractivity contribution is 6.31. The van der Waals surface area contributed by atoms with Gasteiger partial charge in [-0.3, -0.25) is 9.69 Å². The molecule has 4 rings (SSSR count). The third kappa shape index (κ3) is 6.28. The number of carbonyl (C=O) groups excluding carboxylic acids is 1. The third-order valence-corrected chi connectivity index (χ3v) is 6.07. The minimum absolute atomic E-state index is 0.105. The number of piperazine rings is 1. The van der Waals surface area contributed by atoms with Crippen LogP contribution >= 0.6 is 11.6 Å². The van der Waals surface area contributed by atoms with Crippen LogP contribution in [0.15, 0.2) is 72.8 Å². The van der Waals surface area contributed by atoms with E-state index in [2.05, 4.69) is 33.3 Å². The van der Waals surface area contributed by atoms with Crippen LogP contribution in [0, 0.1) is 0 Å². The molecule has 33 heavy (non-hydrogen) atoms. The molecule has 0 unspecified atom stereocenters. The second-order valence-electron chi connectivity index (χ2n) is 8.55. The minimum atomic E-state index is -0.132. The van der Waals surface area contributed by atoms with E-state index in [0.29, 0.717) is 5.56 Å². The van der Waals surface area contributed by atoms with E-state index in [0.717, 1.165) is 49.2 Å². The van der Waals surface area contributed by atoms with Crippen molar-refractivity contribution in [1.29, 1.82) is 0 Å². The number of nitrogens with zero attached hydrogens (tertiary/aromatic N) is 2. The Morgan fingerprint density at radius 2 is 1.61 bits per heavy atom. The Balaban J connectivity index is 1.29. The molecular weight excluding hydrogens is 434 g/mol. The van der Waals surface area contributed by atoms with Crippen molar-refractivity contribution >= 4 is 28.9 Å². The van der Waals surface area contributed by atoms with E-state index in [1.54, 1.807) is 12.1 Å². The van der Waals surface area contributed by atoms with Gasteiger partial charge in [-0.1, -0.05) is 29.8 Å². The molecular formula is C27H30ClN3O2. The molecule has 0 bridgehead atoms. The molecule has 3 aromatic carbocycles. The first-order valence-corrected chi connectivity index (χ1v) is 11.7. The maximum absolute atomic E-state index is 12.6. The molecule has 0 aliphatic carbocycles. The Labute approximate surface area is 200 Å². The quantitative estimate of drug-likeness (QED) is 0.488. The predicted octanol–water partition coefficient (Wildman–Crippen LogP) is 5.70. The Morgan fingerprint density at radius 1 is 0.939 bits per heavy atom. The molecule has 0 aromatic heterocycles. The SMILES string of the molecule is CC(C)Oc1ccc(C(=O)Nc2ccc(N3CCN(Cc4ccccc4Cl)CC3)cc2)cc1. The van der Waals surface area contributed by atoms with Crippen LogP contribution in [-0.4, -0.2) is 43.1 Å².